The predicted molar refractivity (Wildman–Crippen MR) is 73.5 cm³/mol. The summed E-state index contributed by atoms with van der Waals surface area (Å²) in [6.07, 6.45) is 6.70. The van der Waals surface area contributed by atoms with E-state index in [1.165, 1.54) is 16.3 Å². The SMILES string of the molecule is C=C/C=C/Cc1c(OC)ccc2ccccc12. The zero-order valence-electron chi connectivity index (χ0n) is 10.0. The molecule has 0 aromatic heterocycles. The Morgan fingerprint density at radius 2 is 2.00 bits per heavy atom. The molecule has 1 nitrogen and oxygen atoms in total. The van der Waals surface area contributed by atoms with Crippen LogP contribution in [-0.2, 0) is 6.42 Å². The Morgan fingerprint density at radius 1 is 1.18 bits per heavy atom. The number of benzene rings is 2. The third-order valence-electron chi connectivity index (χ3n) is 2.81. The van der Waals surface area contributed by atoms with Crippen molar-refractivity contribution >= 4 is 10.8 Å². The summed E-state index contributed by atoms with van der Waals surface area (Å²) >= 11 is 0. The molecule has 0 N–H and O–H groups in total. The van der Waals surface area contributed by atoms with Crippen LogP contribution in [-0.4, -0.2) is 7.11 Å². The van der Waals surface area contributed by atoms with Crippen molar-refractivity contribution in [3.63, 3.8) is 0 Å². The van der Waals surface area contributed by atoms with Gasteiger partial charge in [0, 0.05) is 5.56 Å². The maximum Gasteiger partial charge on any atom is 0.123 e. The number of allylic oxidation sites excluding steroid dienone is 3. The van der Waals surface area contributed by atoms with Crippen molar-refractivity contribution in [1.29, 1.82) is 0 Å². The third kappa shape index (κ3) is 2.39. The second-order valence-corrected chi connectivity index (χ2v) is 3.84. The Bertz CT molecular complexity index is 552. The summed E-state index contributed by atoms with van der Waals surface area (Å²) < 4.78 is 5.42. The minimum Gasteiger partial charge on any atom is -0.496 e. The minimum atomic E-state index is 0.858. The van der Waals surface area contributed by atoms with Crippen LogP contribution < -0.4 is 4.74 Å². The highest BCUT2D eigenvalue weighted by Crippen LogP contribution is 2.28. The fourth-order valence-electron chi connectivity index (χ4n) is 2.00. The second kappa shape index (κ2) is 5.35. The fourth-order valence-corrected chi connectivity index (χ4v) is 2.00. The topological polar surface area (TPSA) is 9.23 Å². The van der Waals surface area contributed by atoms with Crippen LogP contribution in [0.3, 0.4) is 0 Å². The van der Waals surface area contributed by atoms with Crippen LogP contribution >= 0.6 is 0 Å². The molecule has 0 amide bonds. The Morgan fingerprint density at radius 3 is 2.76 bits per heavy atom. The fraction of sp³-hybridized carbons (Fsp3) is 0.125. The molecule has 1 heteroatoms. The molecule has 2 aromatic rings. The van der Waals surface area contributed by atoms with Gasteiger partial charge in [0.15, 0.2) is 0 Å². The van der Waals surface area contributed by atoms with Gasteiger partial charge in [-0.05, 0) is 23.3 Å². The van der Waals surface area contributed by atoms with Crippen LogP contribution in [0.1, 0.15) is 5.56 Å². The van der Waals surface area contributed by atoms with Gasteiger partial charge in [-0.2, -0.15) is 0 Å². The average Bonchev–Trinajstić information content (AvgIpc) is 2.39. The Labute approximate surface area is 102 Å². The molecule has 0 aliphatic rings. The van der Waals surface area contributed by atoms with Crippen molar-refractivity contribution in [1.82, 2.24) is 0 Å². The molecule has 17 heavy (non-hydrogen) atoms. The Hall–Kier alpha value is -2.02. The molecule has 0 unspecified atom stereocenters. The first-order valence-corrected chi connectivity index (χ1v) is 5.69. The van der Waals surface area contributed by atoms with Crippen molar-refractivity contribution in [2.24, 2.45) is 0 Å². The normalized spacial score (nSPS) is 10.9. The van der Waals surface area contributed by atoms with Crippen molar-refractivity contribution in [3.05, 3.63) is 66.8 Å². The maximum atomic E-state index is 5.42. The van der Waals surface area contributed by atoms with Gasteiger partial charge in [0.05, 0.1) is 7.11 Å². The molecular formula is C16H16O. The summed E-state index contributed by atoms with van der Waals surface area (Å²) in [5.41, 5.74) is 1.23. The summed E-state index contributed by atoms with van der Waals surface area (Å²) in [5.74, 6) is 0.942. The number of ether oxygens (including phenoxy) is 1. The van der Waals surface area contributed by atoms with Crippen molar-refractivity contribution in [2.75, 3.05) is 7.11 Å². The van der Waals surface area contributed by atoms with Gasteiger partial charge in [0.25, 0.3) is 0 Å². The summed E-state index contributed by atoms with van der Waals surface area (Å²) in [5, 5.41) is 2.50. The van der Waals surface area contributed by atoms with Gasteiger partial charge in [0.1, 0.15) is 5.75 Å². The molecular weight excluding hydrogens is 208 g/mol. The number of methoxy groups -OCH3 is 1. The van der Waals surface area contributed by atoms with E-state index in [4.69, 9.17) is 4.74 Å². The summed E-state index contributed by atoms with van der Waals surface area (Å²) in [7, 11) is 1.71. The first-order chi connectivity index (χ1) is 8.36. The van der Waals surface area contributed by atoms with E-state index in [0.29, 0.717) is 0 Å². The zero-order valence-corrected chi connectivity index (χ0v) is 10.0. The minimum absolute atomic E-state index is 0.858. The van der Waals surface area contributed by atoms with Gasteiger partial charge < -0.3 is 4.74 Å². The summed E-state index contributed by atoms with van der Waals surface area (Å²) in [6.45, 7) is 3.68. The van der Waals surface area contributed by atoms with Gasteiger partial charge in [0.2, 0.25) is 0 Å². The predicted octanol–water partition coefficient (Wildman–Crippen LogP) is 4.13. The highest BCUT2D eigenvalue weighted by Gasteiger charge is 2.05. The molecule has 0 bridgehead atoms. The van der Waals surface area contributed by atoms with E-state index in [9.17, 15) is 0 Å². The number of fused-ring (bicyclic) bond motifs is 1. The van der Waals surface area contributed by atoms with E-state index in [1.54, 1.807) is 13.2 Å². The lowest BCUT2D eigenvalue weighted by Gasteiger charge is -2.10. The molecule has 0 fully saturated rings. The zero-order chi connectivity index (χ0) is 12.1. The first-order valence-electron chi connectivity index (χ1n) is 5.69. The van der Waals surface area contributed by atoms with Crippen molar-refractivity contribution < 1.29 is 4.74 Å². The van der Waals surface area contributed by atoms with Gasteiger partial charge >= 0.3 is 0 Å². The van der Waals surface area contributed by atoms with Crippen LogP contribution in [0.5, 0.6) is 5.75 Å². The van der Waals surface area contributed by atoms with E-state index in [0.717, 1.165) is 12.2 Å². The first kappa shape index (κ1) is 11.5. The number of hydrogen-bond donors (Lipinski definition) is 0. The van der Waals surface area contributed by atoms with Gasteiger partial charge in [-0.3, -0.25) is 0 Å². The number of rotatable bonds is 4. The van der Waals surface area contributed by atoms with Crippen LogP contribution in [0.25, 0.3) is 10.8 Å². The van der Waals surface area contributed by atoms with Crippen LogP contribution in [0.2, 0.25) is 0 Å². The van der Waals surface area contributed by atoms with E-state index >= 15 is 0 Å². The Kier molecular flexibility index (Phi) is 3.61. The molecule has 0 saturated carbocycles. The average molecular weight is 224 g/mol. The van der Waals surface area contributed by atoms with E-state index < -0.39 is 0 Å². The van der Waals surface area contributed by atoms with Gasteiger partial charge in [-0.15, -0.1) is 0 Å². The molecule has 0 aliphatic heterocycles. The smallest absolute Gasteiger partial charge is 0.123 e. The lowest BCUT2D eigenvalue weighted by Crippen LogP contribution is -1.92. The van der Waals surface area contributed by atoms with Crippen LogP contribution in [0, 0.1) is 0 Å². The van der Waals surface area contributed by atoms with Crippen LogP contribution in [0.15, 0.2) is 61.2 Å². The largest absolute Gasteiger partial charge is 0.496 e. The molecule has 0 spiro atoms. The van der Waals surface area contributed by atoms with Gasteiger partial charge in [-0.1, -0.05) is 55.1 Å². The summed E-state index contributed by atoms with van der Waals surface area (Å²) in [6, 6.07) is 12.5. The van der Waals surface area contributed by atoms with Crippen LogP contribution in [0.4, 0.5) is 0 Å². The Balaban J connectivity index is 2.54. The third-order valence-corrected chi connectivity index (χ3v) is 2.81. The molecule has 2 aromatic carbocycles. The second-order valence-electron chi connectivity index (χ2n) is 3.84. The maximum absolute atomic E-state index is 5.42. The highest BCUT2D eigenvalue weighted by atomic mass is 16.5. The quantitative estimate of drug-likeness (QED) is 0.709. The molecule has 0 heterocycles. The molecule has 86 valence electrons. The van der Waals surface area contributed by atoms with Crippen molar-refractivity contribution in [2.45, 2.75) is 6.42 Å². The highest BCUT2D eigenvalue weighted by molar-refractivity contribution is 5.87. The van der Waals surface area contributed by atoms with E-state index in [-0.39, 0.29) is 0 Å². The standard InChI is InChI=1S/C16H16O/c1-3-4-5-10-15-14-9-7-6-8-13(14)11-12-16(15)17-2/h3-9,11-12H,1,10H2,2H3/b5-4+. The van der Waals surface area contributed by atoms with E-state index in [2.05, 4.69) is 43.0 Å². The van der Waals surface area contributed by atoms with E-state index in [1.807, 2.05) is 12.1 Å². The van der Waals surface area contributed by atoms with Crippen molar-refractivity contribution in [3.8, 4) is 5.75 Å². The monoisotopic (exact) mass is 224 g/mol. The number of hydrogen-bond acceptors (Lipinski definition) is 1. The lowest BCUT2D eigenvalue weighted by atomic mass is 10.0. The lowest BCUT2D eigenvalue weighted by molar-refractivity contribution is 0.411. The molecule has 0 radical (unpaired) electrons. The molecule has 0 atom stereocenters. The molecule has 0 aliphatic carbocycles. The molecule has 0 saturated heterocycles. The molecule has 2 rings (SSSR count). The summed E-state index contributed by atoms with van der Waals surface area (Å²) in [4.78, 5) is 0. The van der Waals surface area contributed by atoms with Gasteiger partial charge in [-0.25, -0.2) is 0 Å².